The third-order valence-electron chi connectivity index (χ3n) is 12.7. The number of anilines is 3. The molecule has 1 aromatic heterocycles. The van der Waals surface area contributed by atoms with Gasteiger partial charge in [0.05, 0.1) is 16.8 Å². The van der Waals surface area contributed by atoms with E-state index in [1.165, 1.54) is 6.07 Å². The van der Waals surface area contributed by atoms with Crippen LogP contribution in [0.5, 0.6) is 23.0 Å². The molecule has 0 saturated carbocycles. The number of nitrogens with zero attached hydrogens (tertiary/aromatic N) is 2. The minimum absolute atomic E-state index is 0.548. The number of para-hydroxylation sites is 2. The molecule has 2 aliphatic rings. The maximum atomic E-state index is 15.5. The van der Waals surface area contributed by atoms with Crippen LogP contribution in [0.1, 0.15) is 22.4 Å². The average Bonchev–Trinajstić information content (AvgIpc) is 3.68. The van der Waals surface area contributed by atoms with Gasteiger partial charge < -0.3 is 14.4 Å². The molecule has 5 heteroatoms. The summed E-state index contributed by atoms with van der Waals surface area (Å²) in [5, 5.41) is 0. The van der Waals surface area contributed by atoms with Crippen LogP contribution in [0, 0.1) is 5.95 Å². The van der Waals surface area contributed by atoms with Gasteiger partial charge in [-0.15, -0.1) is 0 Å². The van der Waals surface area contributed by atoms with Crippen LogP contribution < -0.4 is 14.4 Å². The van der Waals surface area contributed by atoms with E-state index in [-0.39, 0.29) is 0 Å². The highest BCUT2D eigenvalue weighted by Crippen LogP contribution is 2.62. The van der Waals surface area contributed by atoms with Gasteiger partial charge in [0.2, 0.25) is 5.95 Å². The Morgan fingerprint density at radius 1 is 0.400 bits per heavy atom. The zero-order valence-corrected chi connectivity index (χ0v) is 35.1. The van der Waals surface area contributed by atoms with Crippen LogP contribution in [0.4, 0.5) is 21.5 Å². The number of fused-ring (bicyclic) bond motifs is 6. The number of aromatic nitrogens is 1. The predicted octanol–water partition coefficient (Wildman–Crippen LogP) is 16.0. The molecule has 1 aliphatic carbocycles. The van der Waals surface area contributed by atoms with Gasteiger partial charge in [0, 0.05) is 22.5 Å². The summed E-state index contributed by atoms with van der Waals surface area (Å²) < 4.78 is 28.7. The zero-order valence-electron chi connectivity index (χ0n) is 35.1. The van der Waals surface area contributed by atoms with Gasteiger partial charge in [0.1, 0.15) is 0 Å². The number of benzene rings is 9. The first-order chi connectivity index (χ1) is 32.1. The lowest BCUT2D eigenvalue weighted by Crippen LogP contribution is -2.30. The molecule has 0 spiro atoms. The van der Waals surface area contributed by atoms with E-state index in [1.807, 2.05) is 60.7 Å². The number of ether oxygens (including phenoxy) is 2. The molecule has 0 radical (unpaired) electrons. The Labute approximate surface area is 377 Å². The lowest BCUT2D eigenvalue weighted by Gasteiger charge is -2.34. The number of halogens is 1. The van der Waals surface area contributed by atoms with Crippen LogP contribution in [0.3, 0.4) is 0 Å². The van der Waals surface area contributed by atoms with Crippen LogP contribution in [0.2, 0.25) is 0 Å². The fourth-order valence-electron chi connectivity index (χ4n) is 9.83. The molecule has 0 bridgehead atoms. The van der Waals surface area contributed by atoms with Crippen molar-refractivity contribution in [3.8, 4) is 67.5 Å². The molecule has 308 valence electrons. The second-order valence-corrected chi connectivity index (χ2v) is 16.4. The molecule has 9 aromatic carbocycles. The number of hydrogen-bond donors (Lipinski definition) is 0. The van der Waals surface area contributed by atoms with Crippen molar-refractivity contribution in [3.63, 3.8) is 0 Å². The molecule has 0 amide bonds. The summed E-state index contributed by atoms with van der Waals surface area (Å²) in [5.74, 6) is 1.99. The van der Waals surface area contributed by atoms with Crippen LogP contribution >= 0.6 is 0 Å². The average molecular weight is 839 g/mol. The Balaban J connectivity index is 1.08. The fourth-order valence-corrected chi connectivity index (χ4v) is 9.83. The van der Waals surface area contributed by atoms with E-state index < -0.39 is 11.4 Å². The van der Waals surface area contributed by atoms with E-state index in [1.54, 1.807) is 6.07 Å². The molecule has 12 rings (SSSR count). The summed E-state index contributed by atoms with van der Waals surface area (Å²) in [6.45, 7) is 0. The first-order valence-electron chi connectivity index (χ1n) is 21.8. The second-order valence-electron chi connectivity index (χ2n) is 16.4. The van der Waals surface area contributed by atoms with E-state index in [0.29, 0.717) is 28.7 Å². The van der Waals surface area contributed by atoms with Crippen molar-refractivity contribution in [2.24, 2.45) is 0 Å². The standard InChI is InChI=1S/C60H39FN2O2/c61-57-29-15-28-56(62-57)60(50-25-11-10-24-48(50)58-51(60)35-37-55-59(58)65-54-27-13-12-26-53(54)64-55)45-31-33-46(34-32-45)63(47-23-14-22-43(38-47)40-16-4-1-5-17-40)52-36-30-44(41-18-6-2-7-19-41)39-49(52)42-20-8-3-9-21-42/h1-39H. The first-order valence-corrected chi connectivity index (χ1v) is 21.8. The normalized spacial score (nSPS) is 14.2. The Bertz CT molecular complexity index is 3390. The SMILES string of the molecule is Fc1cccc(C2(c3ccc(N(c4cccc(-c5ccccc5)c4)c4ccc(-c5ccccc5)cc4-c4ccccc4)cc3)c3ccccc3-c3c2ccc2c3Oc3ccccc3O2)n1. The van der Waals surface area contributed by atoms with Crippen LogP contribution in [0.25, 0.3) is 44.5 Å². The summed E-state index contributed by atoms with van der Waals surface area (Å²) in [5.41, 5.74) is 14.0. The number of pyridine rings is 1. The third-order valence-corrected chi connectivity index (χ3v) is 12.7. The van der Waals surface area contributed by atoms with E-state index in [4.69, 9.17) is 9.47 Å². The quantitative estimate of drug-likeness (QED) is 0.143. The Morgan fingerprint density at radius 2 is 1.02 bits per heavy atom. The van der Waals surface area contributed by atoms with Crippen molar-refractivity contribution in [1.29, 1.82) is 0 Å². The lowest BCUT2D eigenvalue weighted by molar-refractivity contribution is 0.360. The van der Waals surface area contributed by atoms with Crippen molar-refractivity contribution < 1.29 is 13.9 Å². The molecule has 10 aromatic rings. The van der Waals surface area contributed by atoms with Gasteiger partial charge in [-0.2, -0.15) is 4.39 Å². The molecule has 0 fully saturated rings. The maximum absolute atomic E-state index is 15.5. The van der Waals surface area contributed by atoms with E-state index in [9.17, 15) is 0 Å². The smallest absolute Gasteiger partial charge is 0.213 e. The van der Waals surface area contributed by atoms with Crippen LogP contribution in [0.15, 0.2) is 237 Å². The van der Waals surface area contributed by atoms with Gasteiger partial charge in [-0.05, 0) is 117 Å². The summed E-state index contributed by atoms with van der Waals surface area (Å²) in [4.78, 5) is 7.01. The van der Waals surface area contributed by atoms with Crippen molar-refractivity contribution >= 4 is 17.1 Å². The summed E-state index contributed by atoms with van der Waals surface area (Å²) in [7, 11) is 0. The second kappa shape index (κ2) is 15.7. The molecular formula is C60H39FN2O2. The Kier molecular flexibility index (Phi) is 9.20. The maximum Gasteiger partial charge on any atom is 0.213 e. The highest BCUT2D eigenvalue weighted by molar-refractivity contribution is 5.94. The largest absolute Gasteiger partial charge is 0.449 e. The minimum atomic E-state index is -1.01. The van der Waals surface area contributed by atoms with E-state index in [0.717, 1.165) is 78.3 Å². The van der Waals surface area contributed by atoms with E-state index >= 15 is 4.39 Å². The van der Waals surface area contributed by atoms with Gasteiger partial charge >= 0.3 is 0 Å². The zero-order chi connectivity index (χ0) is 43.3. The molecule has 1 atom stereocenters. The topological polar surface area (TPSA) is 34.6 Å². The Morgan fingerprint density at radius 3 is 1.74 bits per heavy atom. The van der Waals surface area contributed by atoms with E-state index in [2.05, 4.69) is 174 Å². The monoisotopic (exact) mass is 838 g/mol. The number of rotatable bonds is 8. The number of hydrogen-bond acceptors (Lipinski definition) is 4. The van der Waals surface area contributed by atoms with Gasteiger partial charge in [-0.25, -0.2) is 4.98 Å². The highest BCUT2D eigenvalue weighted by Gasteiger charge is 2.49. The Hall–Kier alpha value is -8.54. The summed E-state index contributed by atoms with van der Waals surface area (Å²) in [6.07, 6.45) is 0. The molecule has 0 N–H and O–H groups in total. The lowest BCUT2D eigenvalue weighted by atomic mass is 9.69. The molecule has 4 nitrogen and oxygen atoms in total. The summed E-state index contributed by atoms with van der Waals surface area (Å²) >= 11 is 0. The van der Waals surface area contributed by atoms with Gasteiger partial charge in [0.15, 0.2) is 23.0 Å². The van der Waals surface area contributed by atoms with Crippen molar-refractivity contribution in [2.75, 3.05) is 4.90 Å². The predicted molar refractivity (Wildman–Crippen MR) is 259 cm³/mol. The molecule has 0 saturated heterocycles. The molecular weight excluding hydrogens is 800 g/mol. The van der Waals surface area contributed by atoms with Crippen LogP contribution in [-0.4, -0.2) is 4.98 Å². The highest BCUT2D eigenvalue weighted by atomic mass is 19.1. The molecule has 65 heavy (non-hydrogen) atoms. The van der Waals surface area contributed by atoms with Crippen molar-refractivity contribution in [1.82, 2.24) is 4.98 Å². The van der Waals surface area contributed by atoms with Crippen molar-refractivity contribution in [3.05, 3.63) is 265 Å². The minimum Gasteiger partial charge on any atom is -0.449 e. The van der Waals surface area contributed by atoms with Gasteiger partial charge in [-0.1, -0.05) is 170 Å². The molecule has 1 unspecified atom stereocenters. The van der Waals surface area contributed by atoms with Crippen molar-refractivity contribution in [2.45, 2.75) is 5.41 Å². The molecule has 2 heterocycles. The van der Waals surface area contributed by atoms with Crippen LogP contribution in [-0.2, 0) is 5.41 Å². The summed E-state index contributed by atoms with van der Waals surface area (Å²) in [6, 6.07) is 80.9. The fraction of sp³-hybridized carbons (Fsp3) is 0.0167. The third kappa shape index (κ3) is 6.39. The first kappa shape index (κ1) is 38.2. The van der Waals surface area contributed by atoms with Gasteiger partial charge in [0.25, 0.3) is 0 Å². The van der Waals surface area contributed by atoms with Gasteiger partial charge in [-0.3, -0.25) is 0 Å². The molecule has 1 aliphatic heterocycles.